The molecule has 0 aliphatic rings. The van der Waals surface area contributed by atoms with Crippen molar-refractivity contribution in [3.05, 3.63) is 27.8 Å². The number of nitrogen functional groups attached to an aromatic ring is 1. The molecule has 1 aromatic heterocycles. The number of furan rings is 1. The average Bonchev–Trinajstić information content (AvgIpc) is 2.50. The summed E-state index contributed by atoms with van der Waals surface area (Å²) in [6.07, 6.45) is 0. The highest BCUT2D eigenvalue weighted by Gasteiger charge is 2.16. The van der Waals surface area contributed by atoms with Gasteiger partial charge in [0.05, 0.1) is 0 Å². The van der Waals surface area contributed by atoms with Gasteiger partial charge in [0.1, 0.15) is 5.58 Å². The molecule has 0 bridgehead atoms. The number of anilines is 1. The van der Waals surface area contributed by atoms with E-state index in [-0.39, 0.29) is 0 Å². The third-order valence-corrected chi connectivity index (χ3v) is 3.59. The van der Waals surface area contributed by atoms with Crippen LogP contribution in [0.1, 0.15) is 27.8 Å². The van der Waals surface area contributed by atoms with Crippen LogP contribution < -0.4 is 5.73 Å². The van der Waals surface area contributed by atoms with Crippen LogP contribution in [-0.4, -0.2) is 0 Å². The Morgan fingerprint density at radius 1 is 0.733 bits per heavy atom. The van der Waals surface area contributed by atoms with Crippen molar-refractivity contribution in [2.75, 3.05) is 5.73 Å². The zero-order chi connectivity index (χ0) is 11.3. The second kappa shape index (κ2) is 3.02. The van der Waals surface area contributed by atoms with Crippen molar-refractivity contribution >= 4 is 16.9 Å². The molecule has 2 nitrogen and oxygen atoms in total. The van der Waals surface area contributed by atoms with E-state index in [0.717, 1.165) is 11.1 Å². The maximum atomic E-state index is 5.82. The zero-order valence-corrected chi connectivity index (χ0v) is 9.99. The number of hydrogen-bond acceptors (Lipinski definition) is 2. The van der Waals surface area contributed by atoms with Crippen LogP contribution in [-0.2, 0) is 0 Å². The van der Waals surface area contributed by atoms with E-state index in [9.17, 15) is 0 Å². The first kappa shape index (κ1) is 10.1. The van der Waals surface area contributed by atoms with Crippen LogP contribution in [0, 0.1) is 34.6 Å². The number of benzene rings is 1. The summed E-state index contributed by atoms with van der Waals surface area (Å²) in [4.78, 5) is 0. The van der Waals surface area contributed by atoms with E-state index in [2.05, 4.69) is 27.7 Å². The lowest BCUT2D eigenvalue weighted by atomic mass is 9.94. The number of fused-ring (bicyclic) bond motifs is 1. The maximum absolute atomic E-state index is 5.82. The third-order valence-electron chi connectivity index (χ3n) is 3.59. The fourth-order valence-corrected chi connectivity index (χ4v) is 2.17. The molecule has 0 atom stereocenters. The Kier molecular flexibility index (Phi) is 2.03. The third kappa shape index (κ3) is 1.17. The van der Waals surface area contributed by atoms with Gasteiger partial charge in [-0.1, -0.05) is 0 Å². The molecule has 0 spiro atoms. The lowest BCUT2D eigenvalue weighted by Crippen LogP contribution is -1.92. The van der Waals surface area contributed by atoms with Gasteiger partial charge in [-0.2, -0.15) is 0 Å². The van der Waals surface area contributed by atoms with Crippen molar-refractivity contribution in [2.45, 2.75) is 34.6 Å². The van der Waals surface area contributed by atoms with E-state index in [1.807, 2.05) is 6.92 Å². The van der Waals surface area contributed by atoms with Crippen molar-refractivity contribution in [3.63, 3.8) is 0 Å². The molecule has 0 aliphatic carbocycles. The number of aryl methyl sites for hydroxylation is 3. The summed E-state index contributed by atoms with van der Waals surface area (Å²) in [5.74, 6) is 0.543. The zero-order valence-electron chi connectivity index (χ0n) is 9.99. The Hall–Kier alpha value is -1.44. The average molecular weight is 203 g/mol. The Morgan fingerprint density at radius 2 is 1.27 bits per heavy atom. The lowest BCUT2D eigenvalue weighted by molar-refractivity contribution is 0.631. The molecular weight excluding hydrogens is 186 g/mol. The van der Waals surface area contributed by atoms with Gasteiger partial charge in [-0.25, -0.2) is 0 Å². The van der Waals surface area contributed by atoms with Gasteiger partial charge in [-0.05, 0) is 56.9 Å². The summed E-state index contributed by atoms with van der Waals surface area (Å²) in [7, 11) is 0. The molecule has 15 heavy (non-hydrogen) atoms. The predicted octanol–water partition coefficient (Wildman–Crippen LogP) is 3.56. The summed E-state index contributed by atoms with van der Waals surface area (Å²) >= 11 is 0. The van der Waals surface area contributed by atoms with Crippen LogP contribution in [0.2, 0.25) is 0 Å². The van der Waals surface area contributed by atoms with Crippen LogP contribution in [0.3, 0.4) is 0 Å². The second-order valence-corrected chi connectivity index (χ2v) is 4.30. The standard InChI is InChI=1S/C13H17NO/c1-6-7(2)9(4)12-11(8(6)3)10(5)13(14)15-12/h14H2,1-5H3. The number of nitrogens with two attached hydrogens (primary N) is 1. The molecule has 1 heterocycles. The van der Waals surface area contributed by atoms with Crippen LogP contribution in [0.4, 0.5) is 5.88 Å². The molecule has 0 aliphatic heterocycles. The Labute approximate surface area is 90.1 Å². The van der Waals surface area contributed by atoms with E-state index in [0.29, 0.717) is 5.88 Å². The van der Waals surface area contributed by atoms with Crippen LogP contribution >= 0.6 is 0 Å². The minimum absolute atomic E-state index is 0.543. The highest BCUT2D eigenvalue weighted by molar-refractivity contribution is 5.92. The summed E-state index contributed by atoms with van der Waals surface area (Å²) in [5.41, 5.74) is 13.0. The van der Waals surface area contributed by atoms with E-state index in [4.69, 9.17) is 10.2 Å². The molecule has 1 aromatic carbocycles. The largest absolute Gasteiger partial charge is 0.440 e. The molecular formula is C13H17NO. The smallest absolute Gasteiger partial charge is 0.194 e. The molecule has 0 fully saturated rings. The van der Waals surface area contributed by atoms with E-state index in [1.165, 1.54) is 27.6 Å². The van der Waals surface area contributed by atoms with E-state index < -0.39 is 0 Å². The van der Waals surface area contributed by atoms with Crippen LogP contribution in [0.15, 0.2) is 4.42 Å². The molecule has 0 saturated heterocycles. The van der Waals surface area contributed by atoms with Gasteiger partial charge in [-0.3, -0.25) is 0 Å². The molecule has 0 amide bonds. The minimum Gasteiger partial charge on any atom is -0.440 e. The topological polar surface area (TPSA) is 39.2 Å². The normalized spacial score (nSPS) is 11.3. The quantitative estimate of drug-likeness (QED) is 0.711. The Balaban J connectivity index is 3.07. The first-order chi connectivity index (χ1) is 6.95. The minimum atomic E-state index is 0.543. The van der Waals surface area contributed by atoms with Gasteiger partial charge < -0.3 is 10.2 Å². The Morgan fingerprint density at radius 3 is 1.87 bits per heavy atom. The molecule has 80 valence electrons. The summed E-state index contributed by atoms with van der Waals surface area (Å²) in [6.45, 7) is 10.5. The first-order valence-electron chi connectivity index (χ1n) is 5.20. The molecule has 2 N–H and O–H groups in total. The monoisotopic (exact) mass is 203 g/mol. The van der Waals surface area contributed by atoms with Gasteiger partial charge in [-0.15, -0.1) is 0 Å². The van der Waals surface area contributed by atoms with Gasteiger partial charge in [0, 0.05) is 10.9 Å². The fourth-order valence-electron chi connectivity index (χ4n) is 2.17. The predicted molar refractivity (Wildman–Crippen MR) is 64.3 cm³/mol. The number of rotatable bonds is 0. The molecule has 0 saturated carbocycles. The molecule has 2 heteroatoms. The van der Waals surface area contributed by atoms with Crippen molar-refractivity contribution in [2.24, 2.45) is 0 Å². The first-order valence-corrected chi connectivity index (χ1v) is 5.20. The van der Waals surface area contributed by atoms with Crippen molar-refractivity contribution in [1.29, 1.82) is 0 Å². The SMILES string of the molecule is Cc1c(C)c(C)c2c(C)c(N)oc2c1C. The van der Waals surface area contributed by atoms with Gasteiger partial charge in [0.2, 0.25) is 0 Å². The van der Waals surface area contributed by atoms with Gasteiger partial charge in [0.15, 0.2) is 5.88 Å². The summed E-state index contributed by atoms with van der Waals surface area (Å²) in [5, 5.41) is 1.19. The second-order valence-electron chi connectivity index (χ2n) is 4.30. The van der Waals surface area contributed by atoms with Crippen LogP contribution in [0.25, 0.3) is 11.0 Å². The van der Waals surface area contributed by atoms with Crippen molar-refractivity contribution in [3.8, 4) is 0 Å². The van der Waals surface area contributed by atoms with Crippen molar-refractivity contribution in [1.82, 2.24) is 0 Å². The van der Waals surface area contributed by atoms with Gasteiger partial charge >= 0.3 is 0 Å². The number of hydrogen-bond donors (Lipinski definition) is 1. The summed E-state index contributed by atoms with van der Waals surface area (Å²) in [6, 6.07) is 0. The highest BCUT2D eigenvalue weighted by atomic mass is 16.3. The van der Waals surface area contributed by atoms with Gasteiger partial charge in [0.25, 0.3) is 0 Å². The molecule has 0 unspecified atom stereocenters. The summed E-state index contributed by atoms with van der Waals surface area (Å²) < 4.78 is 5.62. The maximum Gasteiger partial charge on any atom is 0.194 e. The molecule has 0 radical (unpaired) electrons. The van der Waals surface area contributed by atoms with E-state index in [1.54, 1.807) is 0 Å². The van der Waals surface area contributed by atoms with Crippen molar-refractivity contribution < 1.29 is 4.42 Å². The molecule has 2 aromatic rings. The Bertz CT molecular complexity index is 550. The van der Waals surface area contributed by atoms with Crippen LogP contribution in [0.5, 0.6) is 0 Å². The van der Waals surface area contributed by atoms with E-state index >= 15 is 0 Å². The lowest BCUT2D eigenvalue weighted by Gasteiger charge is -2.09. The molecule has 2 rings (SSSR count). The highest BCUT2D eigenvalue weighted by Crippen LogP contribution is 2.35. The fraction of sp³-hybridized carbons (Fsp3) is 0.385.